The molecule has 1 aromatic carbocycles. The maximum absolute atomic E-state index is 12.2. The van der Waals surface area contributed by atoms with E-state index in [1.807, 2.05) is 0 Å². The van der Waals surface area contributed by atoms with Gasteiger partial charge in [0, 0.05) is 24.7 Å². The molecule has 0 saturated carbocycles. The van der Waals surface area contributed by atoms with Crippen LogP contribution in [0.5, 0.6) is 0 Å². The molecule has 116 valence electrons. The number of halogens is 2. The predicted octanol–water partition coefficient (Wildman–Crippen LogP) is 3.19. The fraction of sp³-hybridized carbons (Fsp3) is 0.375. The van der Waals surface area contributed by atoms with Crippen molar-refractivity contribution in [2.24, 2.45) is 5.92 Å². The Hall–Kier alpha value is -1.70. The van der Waals surface area contributed by atoms with E-state index in [2.05, 4.69) is 17.2 Å². The lowest BCUT2D eigenvalue weighted by molar-refractivity contribution is -0.129. The summed E-state index contributed by atoms with van der Waals surface area (Å²) in [4.78, 5) is 25.6. The van der Waals surface area contributed by atoms with Crippen LogP contribution in [-0.4, -0.2) is 29.8 Å². The highest BCUT2D eigenvalue weighted by Crippen LogP contribution is 2.26. The summed E-state index contributed by atoms with van der Waals surface area (Å²) in [5.41, 5.74) is 0.620. The third kappa shape index (κ3) is 4.16. The number of piperidine rings is 1. The van der Waals surface area contributed by atoms with Crippen molar-refractivity contribution < 1.29 is 9.59 Å². The van der Waals surface area contributed by atoms with E-state index >= 15 is 0 Å². The number of likely N-dealkylation sites (tertiary alicyclic amines) is 1. The summed E-state index contributed by atoms with van der Waals surface area (Å²) in [6.07, 6.45) is 1.26. The van der Waals surface area contributed by atoms with E-state index in [1.54, 1.807) is 30.0 Å². The fourth-order valence-electron chi connectivity index (χ4n) is 2.35. The summed E-state index contributed by atoms with van der Waals surface area (Å²) in [6, 6.07) is 4.98. The summed E-state index contributed by atoms with van der Waals surface area (Å²) in [5, 5.41) is 3.68. The molecule has 2 amide bonds. The molecule has 2 rings (SSSR count). The maximum Gasteiger partial charge on any atom is 0.298 e. The molecule has 0 unspecified atom stereocenters. The average molecular weight is 339 g/mol. The zero-order chi connectivity index (χ0) is 16.1. The van der Waals surface area contributed by atoms with Gasteiger partial charge in [0.15, 0.2) is 0 Å². The number of carbonyl (C=O) groups is 2. The molecule has 4 nitrogen and oxygen atoms in total. The maximum atomic E-state index is 12.2. The molecule has 1 saturated heterocycles. The average Bonchev–Trinajstić information content (AvgIpc) is 2.51. The number of nitrogens with one attached hydrogen (secondary N) is 1. The van der Waals surface area contributed by atoms with Crippen molar-refractivity contribution in [1.29, 1.82) is 0 Å². The number of hydrogen-bond acceptors (Lipinski definition) is 2. The number of carbonyl (C=O) groups excluding carboxylic acids is 2. The molecule has 1 N–H and O–H groups in total. The van der Waals surface area contributed by atoms with Gasteiger partial charge < -0.3 is 10.2 Å². The van der Waals surface area contributed by atoms with Crippen molar-refractivity contribution >= 4 is 40.7 Å². The molecule has 22 heavy (non-hydrogen) atoms. The van der Waals surface area contributed by atoms with Gasteiger partial charge in [-0.05, 0) is 43.9 Å². The second-order valence-corrected chi connectivity index (χ2v) is 5.87. The molecular formula is C16H16Cl2N2O2. The quantitative estimate of drug-likeness (QED) is 0.842. The largest absolute Gasteiger partial charge is 0.332 e. The number of nitrogens with zero attached hydrogens (tertiary/aromatic N) is 1. The minimum Gasteiger partial charge on any atom is -0.332 e. The van der Waals surface area contributed by atoms with Gasteiger partial charge in [-0.15, -0.1) is 0 Å². The smallest absolute Gasteiger partial charge is 0.298 e. The summed E-state index contributed by atoms with van der Waals surface area (Å²) in [6.45, 7) is 2.73. The van der Waals surface area contributed by atoms with E-state index in [9.17, 15) is 9.59 Å². The monoisotopic (exact) mass is 338 g/mol. The minimum atomic E-state index is -0.175. The Bertz CT molecular complexity index is 641. The lowest BCUT2D eigenvalue weighted by Crippen LogP contribution is -2.41. The molecule has 0 spiro atoms. The first kappa shape index (κ1) is 16.7. The van der Waals surface area contributed by atoms with Gasteiger partial charge in [-0.1, -0.05) is 29.1 Å². The highest BCUT2D eigenvalue weighted by Gasteiger charge is 2.26. The molecule has 6 heteroatoms. The molecule has 1 heterocycles. The molecule has 0 bridgehead atoms. The fourth-order valence-corrected chi connectivity index (χ4v) is 2.65. The highest BCUT2D eigenvalue weighted by molar-refractivity contribution is 6.42. The van der Waals surface area contributed by atoms with Gasteiger partial charge in [-0.25, -0.2) is 0 Å². The Morgan fingerprint density at radius 3 is 2.50 bits per heavy atom. The van der Waals surface area contributed by atoms with Crippen LogP contribution in [0, 0.1) is 17.8 Å². The van der Waals surface area contributed by atoms with Crippen molar-refractivity contribution in [3.05, 3.63) is 28.2 Å². The van der Waals surface area contributed by atoms with Crippen molar-refractivity contribution in [2.45, 2.75) is 19.8 Å². The van der Waals surface area contributed by atoms with Crippen molar-refractivity contribution in [3.8, 4) is 11.8 Å². The number of rotatable bonds is 2. The van der Waals surface area contributed by atoms with E-state index in [0.29, 0.717) is 41.7 Å². The topological polar surface area (TPSA) is 49.4 Å². The van der Waals surface area contributed by atoms with Crippen molar-refractivity contribution in [1.82, 2.24) is 4.90 Å². The standard InChI is InChI=1S/C16H16Cl2N2O2/c1-2-3-15(21)20-8-6-11(7-9-20)16(22)19-12-4-5-13(17)14(18)10-12/h4-5,10-11H,6-9H2,1H3,(H,19,22). The Morgan fingerprint density at radius 1 is 1.23 bits per heavy atom. The molecule has 1 fully saturated rings. The first-order valence-electron chi connectivity index (χ1n) is 6.99. The molecule has 0 aromatic heterocycles. The van der Waals surface area contributed by atoms with Gasteiger partial charge in [-0.2, -0.15) is 0 Å². The summed E-state index contributed by atoms with van der Waals surface area (Å²) >= 11 is 11.8. The predicted molar refractivity (Wildman–Crippen MR) is 87.8 cm³/mol. The Morgan fingerprint density at radius 2 is 1.91 bits per heavy atom. The van der Waals surface area contributed by atoms with E-state index < -0.39 is 0 Å². The third-order valence-corrected chi connectivity index (χ3v) is 4.31. The lowest BCUT2D eigenvalue weighted by Gasteiger charge is -2.30. The van der Waals surface area contributed by atoms with E-state index in [0.717, 1.165) is 0 Å². The van der Waals surface area contributed by atoms with Crippen LogP contribution in [0.1, 0.15) is 19.8 Å². The summed E-state index contributed by atoms with van der Waals surface area (Å²) in [7, 11) is 0. The molecule has 1 aromatic rings. The molecule has 1 aliphatic rings. The first-order valence-corrected chi connectivity index (χ1v) is 7.74. The van der Waals surface area contributed by atoms with Gasteiger partial charge in [0.2, 0.25) is 5.91 Å². The second kappa shape index (κ2) is 7.53. The Balaban J connectivity index is 1.90. The first-order chi connectivity index (χ1) is 10.5. The summed E-state index contributed by atoms with van der Waals surface area (Å²) in [5.74, 6) is 4.76. The Kier molecular flexibility index (Phi) is 5.70. The van der Waals surface area contributed by atoms with Crippen molar-refractivity contribution in [2.75, 3.05) is 18.4 Å². The second-order valence-electron chi connectivity index (χ2n) is 5.06. The Labute approximate surface area is 139 Å². The number of anilines is 1. The third-order valence-electron chi connectivity index (χ3n) is 3.57. The number of benzene rings is 1. The zero-order valence-electron chi connectivity index (χ0n) is 12.2. The van der Waals surface area contributed by atoms with E-state index in [-0.39, 0.29) is 17.7 Å². The van der Waals surface area contributed by atoms with Crippen LogP contribution in [-0.2, 0) is 9.59 Å². The van der Waals surface area contributed by atoms with Gasteiger partial charge in [-0.3, -0.25) is 9.59 Å². The van der Waals surface area contributed by atoms with Crippen LogP contribution in [0.25, 0.3) is 0 Å². The summed E-state index contributed by atoms with van der Waals surface area (Å²) < 4.78 is 0. The van der Waals surface area contributed by atoms with Crippen LogP contribution in [0.3, 0.4) is 0 Å². The molecule has 0 radical (unpaired) electrons. The molecule has 1 aliphatic heterocycles. The molecule has 0 atom stereocenters. The van der Waals surface area contributed by atoms with Crippen LogP contribution < -0.4 is 5.32 Å². The lowest BCUT2D eigenvalue weighted by atomic mass is 9.95. The normalized spacial score (nSPS) is 15.0. The SMILES string of the molecule is CC#CC(=O)N1CCC(C(=O)Nc2ccc(Cl)c(Cl)c2)CC1. The van der Waals surface area contributed by atoms with Gasteiger partial charge in [0.1, 0.15) is 0 Å². The van der Waals surface area contributed by atoms with Gasteiger partial charge in [0.05, 0.1) is 10.0 Å². The number of hydrogen-bond donors (Lipinski definition) is 1. The molecule has 0 aliphatic carbocycles. The minimum absolute atomic E-state index is 0.0629. The van der Waals surface area contributed by atoms with E-state index in [1.165, 1.54) is 0 Å². The van der Waals surface area contributed by atoms with E-state index in [4.69, 9.17) is 23.2 Å². The van der Waals surface area contributed by atoms with Crippen LogP contribution >= 0.6 is 23.2 Å². The van der Waals surface area contributed by atoms with Crippen molar-refractivity contribution in [3.63, 3.8) is 0 Å². The number of amides is 2. The highest BCUT2D eigenvalue weighted by atomic mass is 35.5. The van der Waals surface area contributed by atoms with Crippen LogP contribution in [0.2, 0.25) is 10.0 Å². The van der Waals surface area contributed by atoms with Crippen LogP contribution in [0.15, 0.2) is 18.2 Å². The van der Waals surface area contributed by atoms with Gasteiger partial charge in [0.25, 0.3) is 5.91 Å². The van der Waals surface area contributed by atoms with Gasteiger partial charge >= 0.3 is 0 Å². The zero-order valence-corrected chi connectivity index (χ0v) is 13.7. The molecular weight excluding hydrogens is 323 g/mol. The van der Waals surface area contributed by atoms with Crippen LogP contribution in [0.4, 0.5) is 5.69 Å².